The van der Waals surface area contributed by atoms with E-state index >= 15 is 0 Å². The largest absolute Gasteiger partial charge is 0.329 e. The summed E-state index contributed by atoms with van der Waals surface area (Å²) in [6.07, 6.45) is 0.676. The second-order valence-electron chi connectivity index (χ2n) is 5.23. The number of benzene rings is 1. The van der Waals surface area contributed by atoms with Crippen LogP contribution in [-0.4, -0.2) is 44.7 Å². The summed E-state index contributed by atoms with van der Waals surface area (Å²) in [5.41, 5.74) is 1.13. The summed E-state index contributed by atoms with van der Waals surface area (Å²) in [5, 5.41) is 0.793. The Morgan fingerprint density at radius 3 is 2.50 bits per heavy atom. The molecule has 20 heavy (non-hydrogen) atoms. The van der Waals surface area contributed by atoms with Crippen LogP contribution in [0.25, 0.3) is 0 Å². The minimum Gasteiger partial charge on any atom is -0.329 e. The smallest absolute Gasteiger partial charge is 0.214 e. The summed E-state index contributed by atoms with van der Waals surface area (Å²) < 4.78 is 25.6. The highest BCUT2D eigenvalue weighted by Crippen LogP contribution is 2.13. The SMILES string of the molecule is CCCS(=O)(=O)N1CC[NH+](Cc2ccccc2Cl)CC1. The Hall–Kier alpha value is -0.620. The first-order valence-corrected chi connectivity index (χ1v) is 9.06. The fraction of sp³-hybridized carbons (Fsp3) is 0.571. The zero-order chi connectivity index (χ0) is 14.6. The van der Waals surface area contributed by atoms with Gasteiger partial charge >= 0.3 is 0 Å². The van der Waals surface area contributed by atoms with E-state index in [0.29, 0.717) is 19.5 Å². The van der Waals surface area contributed by atoms with E-state index in [1.807, 2.05) is 31.2 Å². The van der Waals surface area contributed by atoms with Gasteiger partial charge in [0.05, 0.1) is 31.9 Å². The zero-order valence-corrected chi connectivity index (χ0v) is 13.4. The molecule has 1 aromatic rings. The molecule has 0 aliphatic carbocycles. The molecule has 4 nitrogen and oxygen atoms in total. The second-order valence-corrected chi connectivity index (χ2v) is 7.73. The molecule has 112 valence electrons. The van der Waals surface area contributed by atoms with Crippen molar-refractivity contribution in [3.8, 4) is 0 Å². The maximum Gasteiger partial charge on any atom is 0.214 e. The molecular formula is C14H22ClN2O2S+. The molecule has 0 bridgehead atoms. The second kappa shape index (κ2) is 6.89. The molecule has 0 spiro atoms. The monoisotopic (exact) mass is 317 g/mol. The summed E-state index contributed by atoms with van der Waals surface area (Å²) in [5.74, 6) is 0.257. The predicted molar refractivity (Wildman–Crippen MR) is 81.5 cm³/mol. The molecule has 1 aliphatic heterocycles. The lowest BCUT2D eigenvalue weighted by atomic mass is 10.2. The molecule has 0 saturated carbocycles. The third-order valence-electron chi connectivity index (χ3n) is 3.68. The standard InChI is InChI=1S/C14H21ClN2O2S/c1-2-11-20(18,19)17-9-7-16(8-10-17)12-13-5-3-4-6-14(13)15/h3-6H,2,7-12H2,1H3/p+1. The summed E-state index contributed by atoms with van der Waals surface area (Å²) in [6.45, 7) is 5.67. The van der Waals surface area contributed by atoms with Crippen molar-refractivity contribution in [1.82, 2.24) is 4.31 Å². The van der Waals surface area contributed by atoms with E-state index in [1.165, 1.54) is 4.90 Å². The van der Waals surface area contributed by atoms with E-state index in [2.05, 4.69) is 0 Å². The molecule has 0 atom stereocenters. The molecule has 1 N–H and O–H groups in total. The third-order valence-corrected chi connectivity index (χ3v) is 6.13. The van der Waals surface area contributed by atoms with Gasteiger partial charge in [-0.3, -0.25) is 0 Å². The Balaban J connectivity index is 1.91. The molecule has 6 heteroatoms. The number of halogens is 1. The number of hydrogen-bond acceptors (Lipinski definition) is 2. The van der Waals surface area contributed by atoms with Gasteiger partial charge in [0.2, 0.25) is 10.0 Å². The number of rotatable bonds is 5. The average molecular weight is 318 g/mol. The van der Waals surface area contributed by atoms with Crippen LogP contribution in [-0.2, 0) is 16.6 Å². The topological polar surface area (TPSA) is 41.8 Å². The molecule has 1 heterocycles. The Bertz CT molecular complexity index is 540. The first kappa shape index (κ1) is 15.8. The first-order chi connectivity index (χ1) is 9.53. The summed E-state index contributed by atoms with van der Waals surface area (Å²) in [4.78, 5) is 1.39. The van der Waals surface area contributed by atoms with Crippen LogP contribution in [0, 0.1) is 0 Å². The van der Waals surface area contributed by atoms with Crippen LogP contribution in [0.1, 0.15) is 18.9 Å². The molecule has 0 radical (unpaired) electrons. The normalized spacial score (nSPS) is 18.3. The minimum absolute atomic E-state index is 0.257. The molecule has 1 fully saturated rings. The van der Waals surface area contributed by atoms with Gasteiger partial charge in [-0.2, -0.15) is 4.31 Å². The number of sulfonamides is 1. The van der Waals surface area contributed by atoms with E-state index in [4.69, 9.17) is 11.6 Å². The van der Waals surface area contributed by atoms with Gasteiger partial charge in [0, 0.05) is 10.6 Å². The molecule has 0 unspecified atom stereocenters. The maximum absolute atomic E-state index is 12.0. The Labute approximate surface area is 126 Å². The fourth-order valence-electron chi connectivity index (χ4n) is 2.56. The van der Waals surface area contributed by atoms with Gasteiger partial charge in [0.15, 0.2) is 0 Å². The minimum atomic E-state index is -3.04. The van der Waals surface area contributed by atoms with Crippen LogP contribution in [0.15, 0.2) is 24.3 Å². The van der Waals surface area contributed by atoms with E-state index in [9.17, 15) is 8.42 Å². The first-order valence-electron chi connectivity index (χ1n) is 7.07. The van der Waals surface area contributed by atoms with Crippen LogP contribution >= 0.6 is 11.6 Å². The Kier molecular flexibility index (Phi) is 5.43. The van der Waals surface area contributed by atoms with Crippen molar-refractivity contribution >= 4 is 21.6 Å². The molecule has 0 amide bonds. The number of nitrogens with zero attached hydrogens (tertiary/aromatic N) is 1. The predicted octanol–water partition coefficient (Wildman–Crippen LogP) is 0.780. The van der Waals surface area contributed by atoms with Gasteiger partial charge in [0.25, 0.3) is 0 Å². The average Bonchev–Trinajstić information content (AvgIpc) is 2.42. The van der Waals surface area contributed by atoms with Gasteiger partial charge < -0.3 is 4.90 Å². The van der Waals surface area contributed by atoms with Gasteiger partial charge in [-0.05, 0) is 12.5 Å². The van der Waals surface area contributed by atoms with Gasteiger partial charge in [0.1, 0.15) is 6.54 Å². The lowest BCUT2D eigenvalue weighted by molar-refractivity contribution is -0.917. The summed E-state index contributed by atoms with van der Waals surface area (Å²) in [6, 6.07) is 7.85. The molecule has 0 aromatic heterocycles. The summed E-state index contributed by atoms with van der Waals surface area (Å²) >= 11 is 6.17. The van der Waals surface area contributed by atoms with E-state index in [-0.39, 0.29) is 5.75 Å². The van der Waals surface area contributed by atoms with Crippen molar-refractivity contribution in [2.45, 2.75) is 19.9 Å². The van der Waals surface area contributed by atoms with Crippen molar-refractivity contribution < 1.29 is 13.3 Å². The van der Waals surface area contributed by atoms with Crippen LogP contribution < -0.4 is 4.90 Å². The number of quaternary nitrogens is 1. The number of nitrogens with one attached hydrogen (secondary N) is 1. The Morgan fingerprint density at radius 1 is 1.25 bits per heavy atom. The lowest BCUT2D eigenvalue weighted by Crippen LogP contribution is -3.13. The molecule has 1 aromatic carbocycles. The van der Waals surface area contributed by atoms with Crippen molar-refractivity contribution in [3.05, 3.63) is 34.9 Å². The lowest BCUT2D eigenvalue weighted by Gasteiger charge is -2.31. The van der Waals surface area contributed by atoms with Crippen LogP contribution in [0.4, 0.5) is 0 Å². The molecule has 1 aliphatic rings. The van der Waals surface area contributed by atoms with Crippen LogP contribution in [0.2, 0.25) is 5.02 Å². The van der Waals surface area contributed by atoms with Crippen molar-refractivity contribution in [3.63, 3.8) is 0 Å². The van der Waals surface area contributed by atoms with Crippen molar-refractivity contribution in [2.24, 2.45) is 0 Å². The van der Waals surface area contributed by atoms with Gasteiger partial charge in [-0.15, -0.1) is 0 Å². The van der Waals surface area contributed by atoms with E-state index < -0.39 is 10.0 Å². The highest BCUT2D eigenvalue weighted by molar-refractivity contribution is 7.89. The van der Waals surface area contributed by atoms with E-state index in [1.54, 1.807) is 4.31 Å². The van der Waals surface area contributed by atoms with Gasteiger partial charge in [-0.25, -0.2) is 8.42 Å². The highest BCUT2D eigenvalue weighted by atomic mass is 35.5. The zero-order valence-electron chi connectivity index (χ0n) is 11.8. The van der Waals surface area contributed by atoms with Crippen molar-refractivity contribution in [1.29, 1.82) is 0 Å². The highest BCUT2D eigenvalue weighted by Gasteiger charge is 2.28. The quantitative estimate of drug-likeness (QED) is 0.872. The van der Waals surface area contributed by atoms with Crippen molar-refractivity contribution in [2.75, 3.05) is 31.9 Å². The summed E-state index contributed by atoms with van der Waals surface area (Å²) in [7, 11) is -3.04. The van der Waals surface area contributed by atoms with Crippen LogP contribution in [0.5, 0.6) is 0 Å². The third kappa shape index (κ3) is 3.95. The molecule has 1 saturated heterocycles. The van der Waals surface area contributed by atoms with E-state index in [0.717, 1.165) is 30.2 Å². The van der Waals surface area contributed by atoms with Crippen LogP contribution in [0.3, 0.4) is 0 Å². The molecular weight excluding hydrogens is 296 g/mol. The molecule has 2 rings (SSSR count). The fourth-order valence-corrected chi connectivity index (χ4v) is 4.27. The van der Waals surface area contributed by atoms with Gasteiger partial charge in [-0.1, -0.05) is 36.7 Å². The number of piperazine rings is 1. The Morgan fingerprint density at radius 2 is 1.90 bits per heavy atom. The number of hydrogen-bond donors (Lipinski definition) is 1. The maximum atomic E-state index is 12.0.